The molecule has 1 rings (SSSR count). The Labute approximate surface area is 72.9 Å². The van der Waals surface area contributed by atoms with Gasteiger partial charge >= 0.3 is 5.97 Å². The molecule has 2 heteroatoms. The smallest absolute Gasteiger partial charge is 0.334 e. The molecule has 0 amide bonds. The van der Waals surface area contributed by atoms with Crippen LogP contribution < -0.4 is 0 Å². The van der Waals surface area contributed by atoms with Gasteiger partial charge < -0.3 is 4.74 Å². The molecule has 2 nitrogen and oxygen atoms in total. The van der Waals surface area contributed by atoms with Crippen LogP contribution in [-0.4, -0.2) is 12.6 Å². The maximum absolute atomic E-state index is 11.3. The van der Waals surface area contributed by atoms with Gasteiger partial charge in [-0.05, 0) is 32.3 Å². The first kappa shape index (κ1) is 9.04. The highest BCUT2D eigenvalue weighted by Crippen LogP contribution is 2.19. The summed E-state index contributed by atoms with van der Waals surface area (Å²) in [6.07, 6.45) is 5.83. The van der Waals surface area contributed by atoms with Crippen molar-refractivity contribution in [2.45, 2.75) is 26.7 Å². The minimum Gasteiger partial charge on any atom is -0.463 e. The van der Waals surface area contributed by atoms with Crippen LogP contribution in [0.15, 0.2) is 23.3 Å². The fourth-order valence-electron chi connectivity index (χ4n) is 1.27. The zero-order chi connectivity index (χ0) is 8.97. The number of ether oxygens (including phenoxy) is 1. The van der Waals surface area contributed by atoms with Gasteiger partial charge in [0.05, 0.1) is 6.61 Å². The number of hydrogen-bond acceptors (Lipinski definition) is 2. The summed E-state index contributed by atoms with van der Waals surface area (Å²) < 4.78 is 4.92. The monoisotopic (exact) mass is 166 g/mol. The van der Waals surface area contributed by atoms with E-state index in [0.717, 1.165) is 24.0 Å². The first-order chi connectivity index (χ1) is 5.75. The third-order valence-corrected chi connectivity index (χ3v) is 1.93. The van der Waals surface area contributed by atoms with Crippen LogP contribution in [0.3, 0.4) is 0 Å². The second kappa shape index (κ2) is 4.10. The molecule has 0 unspecified atom stereocenters. The molecule has 66 valence electrons. The summed E-state index contributed by atoms with van der Waals surface area (Å²) in [5, 5.41) is 0. The molecule has 0 aromatic heterocycles. The van der Waals surface area contributed by atoms with E-state index in [9.17, 15) is 4.79 Å². The van der Waals surface area contributed by atoms with Crippen molar-refractivity contribution in [2.75, 3.05) is 6.61 Å². The highest BCUT2D eigenvalue weighted by atomic mass is 16.5. The zero-order valence-corrected chi connectivity index (χ0v) is 7.59. The molecule has 0 heterocycles. The molecule has 0 bridgehead atoms. The van der Waals surface area contributed by atoms with E-state index in [1.165, 1.54) is 0 Å². The lowest BCUT2D eigenvalue weighted by molar-refractivity contribution is -0.138. The van der Waals surface area contributed by atoms with E-state index in [1.807, 2.05) is 19.9 Å². The summed E-state index contributed by atoms with van der Waals surface area (Å²) >= 11 is 0. The number of carbonyl (C=O) groups is 1. The van der Waals surface area contributed by atoms with Gasteiger partial charge in [-0.25, -0.2) is 4.79 Å². The molecule has 0 saturated heterocycles. The number of carbonyl (C=O) groups excluding carboxylic acids is 1. The van der Waals surface area contributed by atoms with Crippen molar-refractivity contribution in [1.29, 1.82) is 0 Å². The van der Waals surface area contributed by atoms with E-state index in [1.54, 1.807) is 0 Å². The molecule has 0 N–H and O–H groups in total. The van der Waals surface area contributed by atoms with Crippen molar-refractivity contribution in [3.63, 3.8) is 0 Å². The molecule has 0 atom stereocenters. The van der Waals surface area contributed by atoms with Crippen LogP contribution in [0.5, 0.6) is 0 Å². The summed E-state index contributed by atoms with van der Waals surface area (Å²) in [6.45, 7) is 4.23. The summed E-state index contributed by atoms with van der Waals surface area (Å²) in [5.41, 5.74) is 1.87. The first-order valence-corrected chi connectivity index (χ1v) is 4.29. The molecular formula is C10H14O2. The predicted molar refractivity (Wildman–Crippen MR) is 47.7 cm³/mol. The molecule has 0 fully saturated rings. The Hall–Kier alpha value is -1.05. The molecule has 0 radical (unpaired) electrons. The van der Waals surface area contributed by atoms with Gasteiger partial charge in [0.25, 0.3) is 0 Å². The number of allylic oxidation sites excluding steroid dienone is 3. The lowest BCUT2D eigenvalue weighted by atomic mass is 9.99. The van der Waals surface area contributed by atoms with Crippen LogP contribution in [-0.2, 0) is 9.53 Å². The fourth-order valence-corrected chi connectivity index (χ4v) is 1.27. The van der Waals surface area contributed by atoms with E-state index in [0.29, 0.717) is 6.61 Å². The summed E-state index contributed by atoms with van der Waals surface area (Å²) in [4.78, 5) is 11.3. The van der Waals surface area contributed by atoms with Crippen molar-refractivity contribution in [3.05, 3.63) is 23.3 Å². The van der Waals surface area contributed by atoms with E-state index >= 15 is 0 Å². The maximum atomic E-state index is 11.3. The van der Waals surface area contributed by atoms with E-state index < -0.39 is 0 Å². The van der Waals surface area contributed by atoms with Crippen LogP contribution >= 0.6 is 0 Å². The molecular weight excluding hydrogens is 152 g/mol. The highest BCUT2D eigenvalue weighted by Gasteiger charge is 2.13. The Morgan fingerprint density at radius 1 is 1.67 bits per heavy atom. The Bertz CT molecular complexity index is 236. The Morgan fingerprint density at radius 2 is 2.42 bits per heavy atom. The van der Waals surface area contributed by atoms with Gasteiger partial charge in [0.2, 0.25) is 0 Å². The highest BCUT2D eigenvalue weighted by molar-refractivity contribution is 5.90. The van der Waals surface area contributed by atoms with E-state index in [-0.39, 0.29) is 5.97 Å². The summed E-state index contributed by atoms with van der Waals surface area (Å²) in [5.74, 6) is -0.153. The lowest BCUT2D eigenvalue weighted by Gasteiger charge is -2.11. The van der Waals surface area contributed by atoms with Gasteiger partial charge in [-0.3, -0.25) is 0 Å². The number of hydrogen-bond donors (Lipinski definition) is 0. The Balaban J connectivity index is 2.71. The number of rotatable bonds is 2. The van der Waals surface area contributed by atoms with Crippen LogP contribution in [0.4, 0.5) is 0 Å². The predicted octanol–water partition coefficient (Wildman–Crippen LogP) is 2.22. The second-order valence-corrected chi connectivity index (χ2v) is 2.82. The molecule has 0 saturated carbocycles. The van der Waals surface area contributed by atoms with Crippen molar-refractivity contribution < 1.29 is 9.53 Å². The molecule has 0 aromatic carbocycles. The topological polar surface area (TPSA) is 26.3 Å². The average Bonchev–Trinajstić information content (AvgIpc) is 2.05. The average molecular weight is 166 g/mol. The maximum Gasteiger partial charge on any atom is 0.334 e. The normalized spacial score (nSPS) is 16.5. The zero-order valence-electron chi connectivity index (χ0n) is 7.59. The standard InChI is InChI=1S/C10H14O2/c1-3-12-10(11)9-7-5-4-6-8(9)2/h4,6H,3,5,7H2,1-2H3. The van der Waals surface area contributed by atoms with Crippen LogP contribution in [0.2, 0.25) is 0 Å². The minimum absolute atomic E-state index is 0.153. The molecule has 1 aliphatic rings. The van der Waals surface area contributed by atoms with Gasteiger partial charge in [0.15, 0.2) is 0 Å². The SMILES string of the molecule is CCOC(=O)C1=C(C)C=CCC1. The Kier molecular flexibility index (Phi) is 3.09. The lowest BCUT2D eigenvalue weighted by Crippen LogP contribution is -2.10. The van der Waals surface area contributed by atoms with Gasteiger partial charge in [-0.15, -0.1) is 0 Å². The third kappa shape index (κ3) is 1.97. The fraction of sp³-hybridized carbons (Fsp3) is 0.500. The van der Waals surface area contributed by atoms with E-state index in [4.69, 9.17) is 4.74 Å². The van der Waals surface area contributed by atoms with Gasteiger partial charge in [0, 0.05) is 5.57 Å². The van der Waals surface area contributed by atoms with Gasteiger partial charge in [0.1, 0.15) is 0 Å². The van der Waals surface area contributed by atoms with Crippen molar-refractivity contribution in [1.82, 2.24) is 0 Å². The van der Waals surface area contributed by atoms with Crippen LogP contribution in [0, 0.1) is 0 Å². The molecule has 0 aromatic rings. The van der Waals surface area contributed by atoms with E-state index in [2.05, 4.69) is 6.08 Å². The second-order valence-electron chi connectivity index (χ2n) is 2.82. The summed E-state index contributed by atoms with van der Waals surface area (Å²) in [6, 6.07) is 0. The molecule has 1 aliphatic carbocycles. The van der Waals surface area contributed by atoms with Crippen molar-refractivity contribution in [2.24, 2.45) is 0 Å². The van der Waals surface area contributed by atoms with Crippen molar-refractivity contribution >= 4 is 5.97 Å². The van der Waals surface area contributed by atoms with Crippen molar-refractivity contribution in [3.8, 4) is 0 Å². The van der Waals surface area contributed by atoms with Crippen LogP contribution in [0.25, 0.3) is 0 Å². The molecule has 0 spiro atoms. The van der Waals surface area contributed by atoms with Crippen LogP contribution in [0.1, 0.15) is 26.7 Å². The quantitative estimate of drug-likeness (QED) is 0.588. The van der Waals surface area contributed by atoms with Gasteiger partial charge in [-0.2, -0.15) is 0 Å². The largest absolute Gasteiger partial charge is 0.463 e. The van der Waals surface area contributed by atoms with Gasteiger partial charge in [-0.1, -0.05) is 12.2 Å². The molecule has 12 heavy (non-hydrogen) atoms. The minimum atomic E-state index is -0.153. The first-order valence-electron chi connectivity index (χ1n) is 4.29. The molecule has 0 aliphatic heterocycles. The Morgan fingerprint density at radius 3 is 3.00 bits per heavy atom. The third-order valence-electron chi connectivity index (χ3n) is 1.93. The summed E-state index contributed by atoms with van der Waals surface area (Å²) in [7, 11) is 0. The number of esters is 1.